The van der Waals surface area contributed by atoms with E-state index < -0.39 is 97.5 Å². The highest BCUT2D eigenvalue weighted by Crippen LogP contribution is 2.45. The van der Waals surface area contributed by atoms with Gasteiger partial charge in [-0.25, -0.2) is 9.13 Å². The third kappa shape index (κ3) is 75.2. The van der Waals surface area contributed by atoms with Gasteiger partial charge >= 0.3 is 39.5 Å². The van der Waals surface area contributed by atoms with Gasteiger partial charge in [0.2, 0.25) is 0 Å². The van der Waals surface area contributed by atoms with Gasteiger partial charge in [0.15, 0.2) is 12.2 Å². The molecule has 0 aromatic rings. The van der Waals surface area contributed by atoms with Gasteiger partial charge < -0.3 is 33.8 Å². The molecule has 0 aliphatic carbocycles. The van der Waals surface area contributed by atoms with E-state index in [2.05, 4.69) is 149 Å². The molecule has 0 spiro atoms. The average molecular weight is 1500 g/mol. The Morgan fingerprint density at radius 1 is 0.288 bits per heavy atom. The van der Waals surface area contributed by atoms with Gasteiger partial charge in [-0.15, -0.1) is 0 Å². The summed E-state index contributed by atoms with van der Waals surface area (Å²) in [6, 6.07) is 0. The molecule has 3 N–H and O–H groups in total. The highest BCUT2D eigenvalue weighted by molar-refractivity contribution is 7.47. The van der Waals surface area contributed by atoms with Crippen molar-refractivity contribution < 1.29 is 80.2 Å². The summed E-state index contributed by atoms with van der Waals surface area (Å²) in [6.07, 6.45) is 87.1. The number of unbranched alkanes of at least 4 members (excludes halogenated alkanes) is 25. The molecule has 0 aromatic carbocycles. The van der Waals surface area contributed by atoms with E-state index in [4.69, 9.17) is 37.0 Å². The first-order valence-electron chi connectivity index (χ1n) is 40.1. The van der Waals surface area contributed by atoms with Crippen LogP contribution < -0.4 is 0 Å². The molecule has 104 heavy (non-hydrogen) atoms. The Labute approximate surface area is 630 Å². The van der Waals surface area contributed by atoms with E-state index in [9.17, 15) is 43.2 Å². The second-order valence-electron chi connectivity index (χ2n) is 26.2. The van der Waals surface area contributed by atoms with Gasteiger partial charge in [-0.1, -0.05) is 308 Å². The zero-order chi connectivity index (χ0) is 76.0. The van der Waals surface area contributed by atoms with Crippen molar-refractivity contribution in [1.82, 2.24) is 0 Å². The molecule has 19 heteroatoms. The number of allylic oxidation sites excluding steroid dienone is 23. The zero-order valence-electron chi connectivity index (χ0n) is 64.9. The molecule has 0 fully saturated rings. The highest BCUT2D eigenvalue weighted by Gasteiger charge is 2.30. The minimum absolute atomic E-state index is 0.0886. The van der Waals surface area contributed by atoms with E-state index >= 15 is 0 Å². The molecule has 0 aromatic heterocycles. The summed E-state index contributed by atoms with van der Waals surface area (Å²) >= 11 is 0. The van der Waals surface area contributed by atoms with Crippen LogP contribution in [0.25, 0.3) is 0 Å². The Balaban J connectivity index is 5.44. The van der Waals surface area contributed by atoms with Gasteiger partial charge in [0.05, 0.1) is 32.8 Å². The molecule has 0 bridgehead atoms. The van der Waals surface area contributed by atoms with Crippen LogP contribution in [0.15, 0.2) is 146 Å². The molecule has 5 unspecified atom stereocenters. The second-order valence-corrected chi connectivity index (χ2v) is 29.1. The van der Waals surface area contributed by atoms with Gasteiger partial charge in [-0.05, 0) is 122 Å². The molecule has 0 aliphatic heterocycles. The fourth-order valence-electron chi connectivity index (χ4n) is 10.4. The first-order chi connectivity index (χ1) is 50.7. The molecule has 0 rings (SSSR count). The number of aliphatic hydroxyl groups excluding tert-OH is 1. The number of aliphatic hydroxyl groups is 1. The molecule has 0 saturated carbocycles. The minimum atomic E-state index is -5.01. The molecule has 5 atom stereocenters. The summed E-state index contributed by atoms with van der Waals surface area (Å²) < 4.78 is 68.5. The van der Waals surface area contributed by atoms with Crippen LogP contribution >= 0.6 is 15.6 Å². The minimum Gasteiger partial charge on any atom is -0.462 e. The Morgan fingerprint density at radius 3 is 0.856 bits per heavy atom. The van der Waals surface area contributed by atoms with Crippen LogP contribution in [0.4, 0.5) is 0 Å². The number of carbonyl (C=O) groups is 4. The van der Waals surface area contributed by atoms with Crippen molar-refractivity contribution in [2.45, 2.75) is 329 Å². The topological polar surface area (TPSA) is 237 Å². The van der Waals surface area contributed by atoms with Crippen molar-refractivity contribution in [1.29, 1.82) is 0 Å². The predicted octanol–water partition coefficient (Wildman–Crippen LogP) is 23.4. The number of phosphoric acid groups is 2. The van der Waals surface area contributed by atoms with Crippen molar-refractivity contribution in [3.63, 3.8) is 0 Å². The summed E-state index contributed by atoms with van der Waals surface area (Å²) in [5, 5.41) is 10.6. The Bertz CT molecular complexity index is 2540. The standard InChI is InChI=1S/C85H142O17P2/c1-5-9-13-17-21-25-29-33-37-38-39-40-44-46-50-54-58-62-66-70-83(88)96-76-81(102-85(90)72-68-64-60-56-52-48-43-36-32-28-24-20-16-12-8-4)78-100-104(93,94)98-74-79(86)73-97-103(91,92)99-77-80(101-84(89)71-67-63-59-55-51-47-42-35-31-27-23-19-15-11-7-3)75-95-82(87)69-65-61-57-53-49-45-41-34-30-26-22-18-14-10-6-2/h9-10,12-14,16,21-22,24-26,28,33-34,36-37,39-41,43,52,56,64,68,79-81,86H,5-8,11,15,17-20,23,27,29-32,35,38,42,44-51,53-55,57-63,65-67,69-78H2,1-4H3,(H,91,92)(H,93,94)/b13-9-,14-10-,16-12-,25-21-,26-22-,28-24-,37-33-,40-39-,41-34-,43-36-,56-52-,68-64-. The van der Waals surface area contributed by atoms with Crippen LogP contribution in [-0.2, 0) is 65.4 Å². The largest absolute Gasteiger partial charge is 0.472 e. The van der Waals surface area contributed by atoms with Gasteiger partial charge in [0.1, 0.15) is 19.3 Å². The van der Waals surface area contributed by atoms with Crippen molar-refractivity contribution in [2.24, 2.45) is 0 Å². The van der Waals surface area contributed by atoms with Crippen molar-refractivity contribution >= 4 is 39.5 Å². The van der Waals surface area contributed by atoms with Crippen LogP contribution in [-0.4, -0.2) is 96.7 Å². The van der Waals surface area contributed by atoms with Crippen LogP contribution in [0, 0.1) is 0 Å². The molecule has 0 aliphatic rings. The first-order valence-corrected chi connectivity index (χ1v) is 43.1. The summed E-state index contributed by atoms with van der Waals surface area (Å²) in [4.78, 5) is 73.0. The van der Waals surface area contributed by atoms with Gasteiger partial charge in [-0.3, -0.25) is 37.3 Å². The van der Waals surface area contributed by atoms with E-state index in [1.165, 1.54) is 64.2 Å². The second kappa shape index (κ2) is 76.1. The summed E-state index contributed by atoms with van der Waals surface area (Å²) in [7, 11) is -10.0. The first kappa shape index (κ1) is 98.9. The van der Waals surface area contributed by atoms with E-state index in [0.29, 0.717) is 25.7 Å². The third-order valence-corrected chi connectivity index (χ3v) is 18.2. The lowest BCUT2D eigenvalue weighted by Crippen LogP contribution is -2.30. The molecule has 0 radical (unpaired) electrons. The fraction of sp³-hybridized carbons (Fsp3) is 0.671. The Morgan fingerprint density at radius 2 is 0.538 bits per heavy atom. The monoisotopic (exact) mass is 1500 g/mol. The molecular weight excluding hydrogens is 1350 g/mol. The summed E-state index contributed by atoms with van der Waals surface area (Å²) in [5.41, 5.74) is 0. The molecule has 594 valence electrons. The molecular formula is C85H142O17P2. The third-order valence-electron chi connectivity index (χ3n) is 16.3. The van der Waals surface area contributed by atoms with Crippen LogP contribution in [0.5, 0.6) is 0 Å². The van der Waals surface area contributed by atoms with Gasteiger partial charge in [0, 0.05) is 19.3 Å². The van der Waals surface area contributed by atoms with E-state index in [1.807, 2.05) is 12.2 Å². The Hall–Kier alpha value is -5.06. The zero-order valence-corrected chi connectivity index (χ0v) is 66.7. The predicted molar refractivity (Wildman–Crippen MR) is 427 cm³/mol. The lowest BCUT2D eigenvalue weighted by molar-refractivity contribution is -0.161. The number of rotatable bonds is 74. The van der Waals surface area contributed by atoms with E-state index in [1.54, 1.807) is 12.2 Å². The number of esters is 4. The van der Waals surface area contributed by atoms with Crippen LogP contribution in [0.1, 0.15) is 310 Å². The lowest BCUT2D eigenvalue weighted by Gasteiger charge is -2.21. The maximum atomic E-state index is 13.1. The summed E-state index contributed by atoms with van der Waals surface area (Å²) in [5.74, 6) is -2.35. The molecule has 0 heterocycles. The molecule has 0 amide bonds. The normalized spacial score (nSPS) is 14.6. The fourth-order valence-corrected chi connectivity index (χ4v) is 11.9. The number of ether oxygens (including phenoxy) is 4. The van der Waals surface area contributed by atoms with Gasteiger partial charge in [0.25, 0.3) is 0 Å². The average Bonchev–Trinajstić information content (AvgIpc) is 0.999. The number of phosphoric ester groups is 2. The highest BCUT2D eigenvalue weighted by atomic mass is 31.2. The summed E-state index contributed by atoms with van der Waals surface area (Å²) in [6.45, 7) is 4.40. The van der Waals surface area contributed by atoms with Crippen molar-refractivity contribution in [2.75, 3.05) is 39.6 Å². The van der Waals surface area contributed by atoms with E-state index in [0.717, 1.165) is 167 Å². The smallest absolute Gasteiger partial charge is 0.462 e. The molecule has 0 saturated heterocycles. The number of hydrogen-bond acceptors (Lipinski definition) is 15. The SMILES string of the molecule is CC/C=C\C/C=C\C/C=C\C/C=C\C/C=C\CC(=O)OC(COC(=O)CCCCCCCC/C=C\C/C=C\C/C=C\C/C=C\CC)COP(=O)(O)OCC(O)COP(=O)(O)OCC(COC(=O)CCCCCCC/C=C\C/C=C\C/C=C\CC)OC(=O)CCCCCCCCCCCCCCCCC. The van der Waals surface area contributed by atoms with Crippen LogP contribution in [0.2, 0.25) is 0 Å². The quantitative estimate of drug-likeness (QED) is 0.0169. The maximum Gasteiger partial charge on any atom is 0.472 e. The van der Waals surface area contributed by atoms with Crippen molar-refractivity contribution in [3.8, 4) is 0 Å². The Kier molecular flexibility index (Phi) is 72.4. The van der Waals surface area contributed by atoms with Crippen LogP contribution in [0.3, 0.4) is 0 Å². The van der Waals surface area contributed by atoms with E-state index in [-0.39, 0.29) is 25.7 Å². The number of hydrogen-bond donors (Lipinski definition) is 3. The van der Waals surface area contributed by atoms with Gasteiger partial charge in [-0.2, -0.15) is 0 Å². The number of carbonyl (C=O) groups excluding carboxylic acids is 4. The maximum absolute atomic E-state index is 13.1. The van der Waals surface area contributed by atoms with Crippen molar-refractivity contribution in [3.05, 3.63) is 146 Å². The lowest BCUT2D eigenvalue weighted by atomic mass is 10.0. The molecule has 17 nitrogen and oxygen atoms in total.